The van der Waals surface area contributed by atoms with Crippen molar-refractivity contribution in [1.82, 2.24) is 0 Å². The molecule has 22 heavy (non-hydrogen) atoms. The van der Waals surface area contributed by atoms with Crippen LogP contribution in [0, 0.1) is 0 Å². The number of ether oxygens (including phenoxy) is 1. The van der Waals surface area contributed by atoms with Crippen LogP contribution in [0.5, 0.6) is 5.75 Å². The molecule has 6 heteroatoms. The van der Waals surface area contributed by atoms with Crippen LogP contribution in [0.2, 0.25) is 0 Å². The third-order valence-electron chi connectivity index (χ3n) is 3.27. The lowest BCUT2D eigenvalue weighted by atomic mass is 10.2. The fourth-order valence-electron chi connectivity index (χ4n) is 2.09. The monoisotopic (exact) mass is 360 g/mol. The number of halogens is 1. The van der Waals surface area contributed by atoms with Crippen molar-refractivity contribution in [2.45, 2.75) is 13.0 Å². The number of benzene rings is 2. The normalized spacial score (nSPS) is 16.3. The zero-order valence-electron chi connectivity index (χ0n) is 11.7. The fraction of sp³-hybridized carbons (Fsp3) is 0.125. The molecule has 0 unspecified atom stereocenters. The first-order valence-corrected chi connectivity index (χ1v) is 7.51. The Balaban J connectivity index is 1.79. The molecule has 2 aromatic rings. The zero-order valence-corrected chi connectivity index (χ0v) is 13.3. The van der Waals surface area contributed by atoms with Crippen molar-refractivity contribution in [3.05, 3.63) is 52.5 Å². The van der Waals surface area contributed by atoms with Crippen molar-refractivity contribution in [2.24, 2.45) is 0 Å². The number of rotatable bonds is 2. The number of carbonyl (C=O) groups is 2. The highest BCUT2D eigenvalue weighted by Gasteiger charge is 2.23. The molecule has 1 aliphatic rings. The van der Waals surface area contributed by atoms with Crippen molar-refractivity contribution in [1.29, 1.82) is 0 Å². The molecule has 1 aliphatic heterocycles. The van der Waals surface area contributed by atoms with Crippen molar-refractivity contribution in [3.8, 4) is 5.75 Å². The summed E-state index contributed by atoms with van der Waals surface area (Å²) >= 11 is 3.33. The van der Waals surface area contributed by atoms with E-state index in [0.29, 0.717) is 22.7 Å². The standard InChI is InChI=1S/C16H13BrN2O3/c1-9-15(20)19-13-8-12(6-7-14(13)22-9)18-16(21)10-2-4-11(17)5-3-10/h2-9H,1H3,(H,18,21)(H,19,20)/t9-/m0/s1. The van der Waals surface area contributed by atoms with E-state index in [9.17, 15) is 9.59 Å². The number of hydrogen-bond acceptors (Lipinski definition) is 3. The largest absolute Gasteiger partial charge is 0.479 e. The Morgan fingerprint density at radius 2 is 1.95 bits per heavy atom. The molecule has 0 bridgehead atoms. The number of nitrogens with one attached hydrogen (secondary N) is 2. The topological polar surface area (TPSA) is 67.4 Å². The van der Waals surface area contributed by atoms with Gasteiger partial charge in [-0.1, -0.05) is 15.9 Å². The average molecular weight is 361 g/mol. The van der Waals surface area contributed by atoms with Gasteiger partial charge in [-0.3, -0.25) is 9.59 Å². The van der Waals surface area contributed by atoms with Gasteiger partial charge in [0.05, 0.1) is 5.69 Å². The highest BCUT2D eigenvalue weighted by Crippen LogP contribution is 2.32. The lowest BCUT2D eigenvalue weighted by Crippen LogP contribution is -2.34. The molecule has 5 nitrogen and oxygen atoms in total. The summed E-state index contributed by atoms with van der Waals surface area (Å²) in [5.74, 6) is 0.168. The smallest absolute Gasteiger partial charge is 0.265 e. The minimum absolute atomic E-state index is 0.205. The van der Waals surface area contributed by atoms with Crippen LogP contribution in [-0.4, -0.2) is 17.9 Å². The molecule has 1 heterocycles. The van der Waals surface area contributed by atoms with Crippen LogP contribution >= 0.6 is 15.9 Å². The van der Waals surface area contributed by atoms with Crippen LogP contribution in [0.4, 0.5) is 11.4 Å². The van der Waals surface area contributed by atoms with Gasteiger partial charge in [0.15, 0.2) is 6.10 Å². The van der Waals surface area contributed by atoms with Gasteiger partial charge in [-0.15, -0.1) is 0 Å². The summed E-state index contributed by atoms with van der Waals surface area (Å²) in [6, 6.07) is 12.2. The van der Waals surface area contributed by atoms with Gasteiger partial charge in [-0.2, -0.15) is 0 Å². The second-order valence-electron chi connectivity index (χ2n) is 4.92. The van der Waals surface area contributed by atoms with E-state index in [1.54, 1.807) is 49.4 Å². The SMILES string of the molecule is C[C@@H]1Oc2ccc(NC(=O)c3ccc(Br)cc3)cc2NC1=O. The molecule has 0 radical (unpaired) electrons. The lowest BCUT2D eigenvalue weighted by Gasteiger charge is -2.23. The maximum atomic E-state index is 12.2. The van der Waals surface area contributed by atoms with Gasteiger partial charge in [-0.25, -0.2) is 0 Å². The summed E-state index contributed by atoms with van der Waals surface area (Å²) < 4.78 is 6.38. The highest BCUT2D eigenvalue weighted by atomic mass is 79.9. The summed E-state index contributed by atoms with van der Waals surface area (Å²) in [5, 5.41) is 5.54. The molecule has 0 aliphatic carbocycles. The van der Waals surface area contributed by atoms with Gasteiger partial charge in [0.25, 0.3) is 11.8 Å². The van der Waals surface area contributed by atoms with Crippen molar-refractivity contribution in [2.75, 3.05) is 10.6 Å². The van der Waals surface area contributed by atoms with E-state index in [0.717, 1.165) is 4.47 Å². The van der Waals surface area contributed by atoms with Crippen LogP contribution in [0.25, 0.3) is 0 Å². The third-order valence-corrected chi connectivity index (χ3v) is 3.80. The molecular formula is C16H13BrN2O3. The van der Waals surface area contributed by atoms with E-state index in [1.807, 2.05) is 0 Å². The minimum atomic E-state index is -0.518. The summed E-state index contributed by atoms with van der Waals surface area (Å²) in [5.41, 5.74) is 1.69. The Morgan fingerprint density at radius 1 is 1.23 bits per heavy atom. The first-order chi connectivity index (χ1) is 10.5. The van der Waals surface area contributed by atoms with E-state index in [-0.39, 0.29) is 11.8 Å². The molecule has 0 saturated carbocycles. The van der Waals surface area contributed by atoms with Gasteiger partial charge in [0, 0.05) is 15.7 Å². The zero-order chi connectivity index (χ0) is 15.7. The molecule has 3 rings (SSSR count). The van der Waals surface area contributed by atoms with E-state index in [1.165, 1.54) is 0 Å². The van der Waals surface area contributed by atoms with E-state index < -0.39 is 6.10 Å². The number of anilines is 2. The summed E-state index contributed by atoms with van der Waals surface area (Å²) in [7, 11) is 0. The van der Waals surface area contributed by atoms with Crippen molar-refractivity contribution < 1.29 is 14.3 Å². The molecule has 112 valence electrons. The summed E-state index contributed by atoms with van der Waals surface area (Å²) in [6.07, 6.45) is -0.518. The number of amides is 2. The molecule has 0 aromatic heterocycles. The maximum absolute atomic E-state index is 12.2. The third kappa shape index (κ3) is 2.96. The number of fused-ring (bicyclic) bond motifs is 1. The van der Waals surface area contributed by atoms with Gasteiger partial charge in [-0.05, 0) is 49.4 Å². The molecule has 0 spiro atoms. The van der Waals surface area contributed by atoms with Gasteiger partial charge in [0.1, 0.15) is 5.75 Å². The van der Waals surface area contributed by atoms with E-state index >= 15 is 0 Å². The van der Waals surface area contributed by atoms with Gasteiger partial charge < -0.3 is 15.4 Å². The second-order valence-corrected chi connectivity index (χ2v) is 5.84. The Hall–Kier alpha value is -2.34. The first-order valence-electron chi connectivity index (χ1n) is 6.71. The lowest BCUT2D eigenvalue weighted by molar-refractivity contribution is -0.122. The van der Waals surface area contributed by atoms with E-state index in [2.05, 4.69) is 26.6 Å². The molecule has 2 N–H and O–H groups in total. The van der Waals surface area contributed by atoms with E-state index in [4.69, 9.17) is 4.74 Å². The highest BCUT2D eigenvalue weighted by molar-refractivity contribution is 9.10. The molecule has 2 aromatic carbocycles. The first kappa shape index (κ1) is 14.6. The summed E-state index contributed by atoms with van der Waals surface area (Å²) in [4.78, 5) is 23.8. The van der Waals surface area contributed by atoms with Crippen molar-refractivity contribution >= 4 is 39.1 Å². The van der Waals surface area contributed by atoms with Crippen LogP contribution in [0.1, 0.15) is 17.3 Å². The molecule has 1 atom stereocenters. The van der Waals surface area contributed by atoms with Crippen LogP contribution < -0.4 is 15.4 Å². The quantitative estimate of drug-likeness (QED) is 0.861. The average Bonchev–Trinajstić information content (AvgIpc) is 2.49. The number of hydrogen-bond donors (Lipinski definition) is 2. The maximum Gasteiger partial charge on any atom is 0.265 e. The predicted octanol–water partition coefficient (Wildman–Crippen LogP) is 3.42. The van der Waals surface area contributed by atoms with Crippen LogP contribution in [0.3, 0.4) is 0 Å². The Kier molecular flexibility index (Phi) is 3.85. The van der Waals surface area contributed by atoms with Crippen LogP contribution in [-0.2, 0) is 4.79 Å². The Bertz CT molecular complexity index is 744. The molecule has 0 fully saturated rings. The predicted molar refractivity (Wildman–Crippen MR) is 87.3 cm³/mol. The Morgan fingerprint density at radius 3 is 2.68 bits per heavy atom. The Labute approximate surface area is 135 Å². The number of carbonyl (C=O) groups excluding carboxylic acids is 2. The van der Waals surface area contributed by atoms with Gasteiger partial charge in [0.2, 0.25) is 0 Å². The molecule has 0 saturated heterocycles. The molecule has 2 amide bonds. The summed E-state index contributed by atoms with van der Waals surface area (Å²) in [6.45, 7) is 1.68. The fourth-order valence-corrected chi connectivity index (χ4v) is 2.36. The van der Waals surface area contributed by atoms with Crippen LogP contribution in [0.15, 0.2) is 46.9 Å². The second kappa shape index (κ2) is 5.81. The van der Waals surface area contributed by atoms with Gasteiger partial charge >= 0.3 is 0 Å². The minimum Gasteiger partial charge on any atom is -0.479 e. The van der Waals surface area contributed by atoms with Crippen molar-refractivity contribution in [3.63, 3.8) is 0 Å². The molecular weight excluding hydrogens is 348 g/mol.